The molecule has 1 saturated heterocycles. The van der Waals surface area contributed by atoms with Gasteiger partial charge in [-0.25, -0.2) is 4.39 Å². The lowest BCUT2D eigenvalue weighted by molar-refractivity contribution is -0.134. The van der Waals surface area contributed by atoms with E-state index >= 15 is 0 Å². The second-order valence-corrected chi connectivity index (χ2v) is 4.43. The predicted octanol–water partition coefficient (Wildman–Crippen LogP) is 0.287. The van der Waals surface area contributed by atoms with Gasteiger partial charge < -0.3 is 4.98 Å². The van der Waals surface area contributed by atoms with Crippen LogP contribution in [0.2, 0.25) is 0 Å². The number of hydrogen-bond acceptors (Lipinski definition) is 3. The van der Waals surface area contributed by atoms with Crippen molar-refractivity contribution in [3.8, 4) is 0 Å². The number of aromatic nitrogens is 2. The second-order valence-electron chi connectivity index (χ2n) is 4.43. The van der Waals surface area contributed by atoms with E-state index in [1.54, 1.807) is 0 Å². The van der Waals surface area contributed by atoms with Gasteiger partial charge in [0, 0.05) is 24.9 Å². The molecule has 0 aliphatic carbocycles. The molecule has 3 rings (SSSR count). The fraction of sp³-hybridized carbons (Fsp3) is 0.250. The molecule has 1 fully saturated rings. The number of amides is 2. The highest BCUT2D eigenvalue weighted by Crippen LogP contribution is 2.24. The minimum absolute atomic E-state index is 0.102. The Labute approximate surface area is 106 Å². The van der Waals surface area contributed by atoms with Gasteiger partial charge in [-0.1, -0.05) is 0 Å². The van der Waals surface area contributed by atoms with Crippen molar-refractivity contribution in [2.45, 2.75) is 18.8 Å². The SMILES string of the molecule is O=C1CCC(c2c(F)cc3[nH]ccn3c2=O)C(=O)N1. The van der Waals surface area contributed by atoms with E-state index in [-0.39, 0.29) is 18.4 Å². The van der Waals surface area contributed by atoms with Crippen LogP contribution in [0.15, 0.2) is 23.3 Å². The van der Waals surface area contributed by atoms with Crippen molar-refractivity contribution in [2.75, 3.05) is 0 Å². The van der Waals surface area contributed by atoms with Crippen LogP contribution in [0.4, 0.5) is 4.39 Å². The number of H-pyrrole nitrogens is 1. The number of nitrogens with zero attached hydrogens (tertiary/aromatic N) is 1. The molecular formula is C12H10FN3O3. The number of carbonyl (C=O) groups excluding carboxylic acids is 2. The Bertz CT molecular complexity index is 746. The largest absolute Gasteiger partial charge is 0.346 e. The molecule has 1 aliphatic rings. The van der Waals surface area contributed by atoms with Crippen LogP contribution in [0.5, 0.6) is 0 Å². The first-order chi connectivity index (χ1) is 9.08. The normalized spacial score (nSPS) is 19.7. The molecule has 3 heterocycles. The quantitative estimate of drug-likeness (QED) is 0.725. The molecule has 0 bridgehead atoms. The molecule has 19 heavy (non-hydrogen) atoms. The van der Waals surface area contributed by atoms with Crippen LogP contribution in [-0.2, 0) is 9.59 Å². The van der Waals surface area contributed by atoms with E-state index < -0.39 is 29.1 Å². The van der Waals surface area contributed by atoms with Crippen LogP contribution in [0.25, 0.3) is 5.65 Å². The number of piperidine rings is 1. The molecule has 2 aromatic heterocycles. The summed E-state index contributed by atoms with van der Waals surface area (Å²) in [4.78, 5) is 37.7. The average Bonchev–Trinajstić information content (AvgIpc) is 2.80. The first-order valence-electron chi connectivity index (χ1n) is 5.80. The van der Waals surface area contributed by atoms with E-state index in [4.69, 9.17) is 0 Å². The minimum atomic E-state index is -0.919. The van der Waals surface area contributed by atoms with E-state index in [0.717, 1.165) is 0 Å². The van der Waals surface area contributed by atoms with Crippen molar-refractivity contribution in [1.29, 1.82) is 0 Å². The molecule has 2 aromatic rings. The number of imidazole rings is 1. The molecule has 2 N–H and O–H groups in total. The lowest BCUT2D eigenvalue weighted by Crippen LogP contribution is -2.41. The summed E-state index contributed by atoms with van der Waals surface area (Å²) in [5.41, 5.74) is -0.452. The molecule has 98 valence electrons. The maximum Gasteiger partial charge on any atom is 0.263 e. The Balaban J connectivity index is 2.17. The minimum Gasteiger partial charge on any atom is -0.346 e. The zero-order valence-corrected chi connectivity index (χ0v) is 9.77. The van der Waals surface area contributed by atoms with Crippen molar-refractivity contribution in [3.05, 3.63) is 40.2 Å². The zero-order chi connectivity index (χ0) is 13.6. The van der Waals surface area contributed by atoms with Gasteiger partial charge >= 0.3 is 0 Å². The first-order valence-corrected chi connectivity index (χ1v) is 5.80. The van der Waals surface area contributed by atoms with Gasteiger partial charge in [-0.05, 0) is 6.42 Å². The summed E-state index contributed by atoms with van der Waals surface area (Å²) < 4.78 is 15.3. The lowest BCUT2D eigenvalue weighted by atomic mass is 9.91. The lowest BCUT2D eigenvalue weighted by Gasteiger charge is -2.20. The topological polar surface area (TPSA) is 83.4 Å². The smallest absolute Gasteiger partial charge is 0.263 e. The number of aromatic amines is 1. The van der Waals surface area contributed by atoms with Gasteiger partial charge in [0.05, 0.1) is 11.5 Å². The zero-order valence-electron chi connectivity index (χ0n) is 9.77. The number of halogens is 1. The summed E-state index contributed by atoms with van der Waals surface area (Å²) in [5.74, 6) is -2.67. The molecular weight excluding hydrogens is 253 g/mol. The summed E-state index contributed by atoms with van der Waals surface area (Å²) in [6.45, 7) is 0. The third-order valence-electron chi connectivity index (χ3n) is 3.27. The third-order valence-corrected chi connectivity index (χ3v) is 3.27. The van der Waals surface area contributed by atoms with E-state index in [2.05, 4.69) is 10.3 Å². The van der Waals surface area contributed by atoms with Crippen molar-refractivity contribution < 1.29 is 14.0 Å². The van der Waals surface area contributed by atoms with E-state index in [1.165, 1.54) is 22.9 Å². The standard InChI is InChI=1S/C12H10FN3O3/c13-7-5-8-14-3-4-16(8)12(19)10(7)6-1-2-9(17)15-11(6)18/h3-6,14H,1-2H2,(H,15,17,18). The monoisotopic (exact) mass is 263 g/mol. The Morgan fingerprint density at radius 1 is 1.32 bits per heavy atom. The van der Waals surface area contributed by atoms with Crippen molar-refractivity contribution in [3.63, 3.8) is 0 Å². The van der Waals surface area contributed by atoms with Crippen LogP contribution < -0.4 is 10.9 Å². The fourth-order valence-electron chi connectivity index (χ4n) is 2.35. The van der Waals surface area contributed by atoms with Crippen LogP contribution in [0, 0.1) is 5.82 Å². The highest BCUT2D eigenvalue weighted by atomic mass is 19.1. The van der Waals surface area contributed by atoms with Crippen LogP contribution in [-0.4, -0.2) is 21.2 Å². The van der Waals surface area contributed by atoms with Gasteiger partial charge in [-0.15, -0.1) is 0 Å². The highest BCUT2D eigenvalue weighted by Gasteiger charge is 2.32. The maximum atomic E-state index is 14.0. The van der Waals surface area contributed by atoms with Gasteiger partial charge in [-0.2, -0.15) is 0 Å². The first kappa shape index (κ1) is 11.6. The number of imide groups is 1. The van der Waals surface area contributed by atoms with Gasteiger partial charge in [0.25, 0.3) is 5.56 Å². The van der Waals surface area contributed by atoms with Gasteiger partial charge in [-0.3, -0.25) is 24.1 Å². The summed E-state index contributed by atoms with van der Waals surface area (Å²) in [5, 5.41) is 2.12. The van der Waals surface area contributed by atoms with Gasteiger partial charge in [0.1, 0.15) is 11.5 Å². The molecule has 0 saturated carbocycles. The Hall–Kier alpha value is -2.44. The summed E-state index contributed by atoms with van der Waals surface area (Å²) in [6, 6.07) is 1.17. The fourth-order valence-corrected chi connectivity index (χ4v) is 2.35. The Morgan fingerprint density at radius 2 is 2.11 bits per heavy atom. The maximum absolute atomic E-state index is 14.0. The number of fused-ring (bicyclic) bond motifs is 1. The summed E-state index contributed by atoms with van der Waals surface area (Å²) in [7, 11) is 0. The molecule has 6 nitrogen and oxygen atoms in total. The molecule has 7 heteroatoms. The number of rotatable bonds is 1. The van der Waals surface area contributed by atoms with Crippen LogP contribution in [0.3, 0.4) is 0 Å². The summed E-state index contributed by atoms with van der Waals surface area (Å²) >= 11 is 0. The molecule has 2 amide bonds. The Kier molecular flexibility index (Phi) is 2.48. The van der Waals surface area contributed by atoms with Crippen LogP contribution >= 0.6 is 0 Å². The predicted molar refractivity (Wildman–Crippen MR) is 63.1 cm³/mol. The van der Waals surface area contributed by atoms with Gasteiger partial charge in [0.2, 0.25) is 11.8 Å². The van der Waals surface area contributed by atoms with Crippen molar-refractivity contribution in [2.24, 2.45) is 0 Å². The molecule has 0 radical (unpaired) electrons. The van der Waals surface area contributed by atoms with E-state index in [9.17, 15) is 18.8 Å². The molecule has 0 spiro atoms. The second kappa shape index (κ2) is 4.04. The molecule has 1 unspecified atom stereocenters. The number of nitrogens with one attached hydrogen (secondary N) is 2. The number of pyridine rings is 1. The highest BCUT2D eigenvalue weighted by molar-refractivity contribution is 6.00. The summed E-state index contributed by atoms with van der Waals surface area (Å²) in [6.07, 6.45) is 3.22. The van der Waals surface area contributed by atoms with Gasteiger partial charge in [0.15, 0.2) is 0 Å². The molecule has 1 atom stereocenters. The Morgan fingerprint density at radius 3 is 2.84 bits per heavy atom. The van der Waals surface area contributed by atoms with Crippen molar-refractivity contribution >= 4 is 17.5 Å². The molecule has 1 aliphatic heterocycles. The number of hydrogen-bond donors (Lipinski definition) is 2. The van der Waals surface area contributed by atoms with Crippen molar-refractivity contribution in [1.82, 2.24) is 14.7 Å². The van der Waals surface area contributed by atoms with Crippen LogP contribution in [0.1, 0.15) is 24.3 Å². The van der Waals surface area contributed by atoms with E-state index in [1.807, 2.05) is 0 Å². The average molecular weight is 263 g/mol. The van der Waals surface area contributed by atoms with E-state index in [0.29, 0.717) is 5.65 Å². The number of carbonyl (C=O) groups is 2. The third kappa shape index (κ3) is 1.74. The molecule has 0 aromatic carbocycles.